The van der Waals surface area contributed by atoms with Gasteiger partial charge in [0.05, 0.1) is 6.54 Å². The first kappa shape index (κ1) is 20.9. The zero-order valence-electron chi connectivity index (χ0n) is 16.0. The lowest BCUT2D eigenvalue weighted by Gasteiger charge is -2.23. The topological polar surface area (TPSA) is 48.9 Å². The first-order valence-corrected chi connectivity index (χ1v) is 9.06. The highest BCUT2D eigenvalue weighted by molar-refractivity contribution is 5.94. The zero-order valence-corrected chi connectivity index (χ0v) is 16.0. The van der Waals surface area contributed by atoms with E-state index in [1.165, 1.54) is 0 Å². The zero-order chi connectivity index (χ0) is 19.7. The van der Waals surface area contributed by atoms with Crippen molar-refractivity contribution < 1.29 is 13.5 Å². The second-order valence-corrected chi connectivity index (χ2v) is 6.59. The van der Waals surface area contributed by atoms with Crippen LogP contribution in [-0.4, -0.2) is 49.9 Å². The third kappa shape index (κ3) is 7.78. The van der Waals surface area contributed by atoms with Crippen molar-refractivity contribution in [1.82, 2.24) is 10.2 Å². The van der Waals surface area contributed by atoms with Gasteiger partial charge >= 0.3 is 0 Å². The average molecular weight is 378 g/mol. The molecule has 2 N–H and O–H groups in total. The number of aliphatic imine (C=N–C) groups is 1. The first-order chi connectivity index (χ1) is 12.9. The van der Waals surface area contributed by atoms with Gasteiger partial charge < -0.3 is 15.4 Å². The van der Waals surface area contributed by atoms with Crippen LogP contribution >= 0.6 is 0 Å². The van der Waals surface area contributed by atoms with E-state index in [9.17, 15) is 8.78 Å². The van der Waals surface area contributed by atoms with Crippen molar-refractivity contribution in [3.8, 4) is 5.75 Å². The van der Waals surface area contributed by atoms with Gasteiger partial charge in [0.2, 0.25) is 0 Å². The number of alkyl halides is 2. The number of allylic oxidation sites excluding steroid dienone is 1. The van der Waals surface area contributed by atoms with Gasteiger partial charge in [0, 0.05) is 30.7 Å². The number of halogens is 2. The highest BCUT2D eigenvalue weighted by Crippen LogP contribution is 2.23. The molecule has 0 bridgehead atoms. The molecule has 2 rings (SSSR count). The number of likely N-dealkylation sites (tertiary alicyclic amines) is 1. The van der Waals surface area contributed by atoms with Crippen LogP contribution in [0.1, 0.15) is 19.8 Å². The average Bonchev–Trinajstić information content (AvgIpc) is 3.12. The number of hydrogen-bond acceptors (Lipinski definition) is 4. The maximum atomic E-state index is 14.1. The van der Waals surface area contributed by atoms with Gasteiger partial charge in [0.1, 0.15) is 11.6 Å². The van der Waals surface area contributed by atoms with Crippen molar-refractivity contribution in [1.29, 1.82) is 0 Å². The number of anilines is 1. The molecule has 1 aromatic carbocycles. The Labute approximate surface area is 159 Å². The molecule has 0 unspecified atom stereocenters. The molecule has 27 heavy (non-hydrogen) atoms. The van der Waals surface area contributed by atoms with Gasteiger partial charge in [-0.05, 0) is 51.1 Å². The molecule has 1 heterocycles. The third-order valence-corrected chi connectivity index (χ3v) is 4.13. The van der Waals surface area contributed by atoms with Crippen molar-refractivity contribution in [2.45, 2.75) is 25.7 Å². The minimum Gasteiger partial charge on any atom is -0.487 e. The van der Waals surface area contributed by atoms with Crippen molar-refractivity contribution in [3.63, 3.8) is 0 Å². The fraction of sp³-hybridized carbons (Fsp3) is 0.450. The number of hydrogen-bond donors (Lipinski definition) is 2. The fourth-order valence-corrected chi connectivity index (χ4v) is 2.73. The maximum Gasteiger partial charge on any atom is 0.293 e. The Morgan fingerprint density at radius 3 is 2.81 bits per heavy atom. The van der Waals surface area contributed by atoms with Crippen LogP contribution in [0.15, 0.2) is 53.8 Å². The van der Waals surface area contributed by atoms with Gasteiger partial charge in [-0.3, -0.25) is 4.90 Å². The van der Waals surface area contributed by atoms with E-state index in [1.807, 2.05) is 13.0 Å². The lowest BCUT2D eigenvalue weighted by Crippen LogP contribution is -2.39. The smallest absolute Gasteiger partial charge is 0.293 e. The Bertz CT molecular complexity index is 682. The Hall–Kier alpha value is -2.41. The highest BCUT2D eigenvalue weighted by Gasteiger charge is 2.33. The second-order valence-electron chi connectivity index (χ2n) is 6.59. The van der Waals surface area contributed by atoms with Crippen LogP contribution in [0.3, 0.4) is 0 Å². The quantitative estimate of drug-likeness (QED) is 0.389. The number of amidine groups is 1. The van der Waals surface area contributed by atoms with Crippen molar-refractivity contribution in [3.05, 3.63) is 48.8 Å². The number of likely N-dealkylation sites (N-methyl/N-ethyl adjacent to an activating group) is 1. The number of nitrogens with zero attached hydrogens (tertiary/aromatic N) is 2. The predicted octanol–water partition coefficient (Wildman–Crippen LogP) is 3.87. The summed E-state index contributed by atoms with van der Waals surface area (Å²) >= 11 is 0. The molecule has 148 valence electrons. The van der Waals surface area contributed by atoms with E-state index < -0.39 is 12.5 Å². The molecular formula is C20H28F2N4O. The molecule has 0 radical (unpaired) electrons. The number of benzene rings is 1. The summed E-state index contributed by atoms with van der Waals surface area (Å²) < 4.78 is 33.5. The van der Waals surface area contributed by atoms with E-state index in [-0.39, 0.29) is 6.54 Å². The standard InChI is InChI=1S/C20H28F2N4O/c1-16(23-3)9-10-24-17(2)25-18-7-6-8-19(13-18)27-15-20(21,22)14-26-11-4-5-12-26/h6-10,13,23H,1,4-5,11-12,14-15H2,2-3H3,(H,24,25)/b10-9-. The largest absolute Gasteiger partial charge is 0.487 e. The molecule has 0 amide bonds. The summed E-state index contributed by atoms with van der Waals surface area (Å²) in [7, 11) is 1.78. The highest BCUT2D eigenvalue weighted by atomic mass is 19.3. The van der Waals surface area contributed by atoms with Crippen molar-refractivity contribution in [2.75, 3.05) is 38.6 Å². The molecule has 1 aliphatic heterocycles. The van der Waals surface area contributed by atoms with Gasteiger partial charge in [-0.25, -0.2) is 13.8 Å². The normalized spacial score (nSPS) is 15.9. The van der Waals surface area contributed by atoms with Gasteiger partial charge in [-0.2, -0.15) is 0 Å². The Balaban J connectivity index is 1.87. The summed E-state index contributed by atoms with van der Waals surface area (Å²) in [5.41, 5.74) is 1.47. The Kier molecular flexibility index (Phi) is 7.79. The van der Waals surface area contributed by atoms with E-state index in [1.54, 1.807) is 42.4 Å². The summed E-state index contributed by atoms with van der Waals surface area (Å²) in [6, 6.07) is 6.92. The van der Waals surface area contributed by atoms with Gasteiger partial charge in [0.15, 0.2) is 6.61 Å². The van der Waals surface area contributed by atoms with E-state index in [0.717, 1.165) is 37.3 Å². The van der Waals surface area contributed by atoms with Crippen LogP contribution in [0.2, 0.25) is 0 Å². The minimum absolute atomic E-state index is 0.249. The summed E-state index contributed by atoms with van der Waals surface area (Å²) in [5.74, 6) is -1.81. The maximum absolute atomic E-state index is 14.1. The second kappa shape index (κ2) is 10.1. The van der Waals surface area contributed by atoms with Crippen LogP contribution < -0.4 is 15.4 Å². The number of rotatable bonds is 9. The van der Waals surface area contributed by atoms with Crippen molar-refractivity contribution in [2.24, 2.45) is 4.99 Å². The molecule has 5 nitrogen and oxygen atoms in total. The molecular weight excluding hydrogens is 350 g/mol. The molecule has 0 atom stereocenters. The summed E-state index contributed by atoms with van der Waals surface area (Å²) in [5, 5.41) is 6.00. The summed E-state index contributed by atoms with van der Waals surface area (Å²) in [6.45, 7) is 6.18. The predicted molar refractivity (Wildman–Crippen MR) is 107 cm³/mol. The molecule has 1 fully saturated rings. The van der Waals surface area contributed by atoms with Crippen LogP contribution in [0.25, 0.3) is 0 Å². The van der Waals surface area contributed by atoms with E-state index in [0.29, 0.717) is 11.6 Å². The van der Waals surface area contributed by atoms with Crippen LogP contribution in [0.4, 0.5) is 14.5 Å². The molecule has 0 saturated carbocycles. The molecule has 0 aromatic heterocycles. The van der Waals surface area contributed by atoms with Crippen LogP contribution in [0, 0.1) is 0 Å². The molecule has 1 saturated heterocycles. The van der Waals surface area contributed by atoms with E-state index in [4.69, 9.17) is 4.74 Å². The molecule has 0 spiro atoms. The number of ether oxygens (including phenoxy) is 1. The first-order valence-electron chi connectivity index (χ1n) is 9.06. The molecule has 1 aliphatic rings. The van der Waals surface area contributed by atoms with E-state index in [2.05, 4.69) is 22.2 Å². The lowest BCUT2D eigenvalue weighted by atomic mass is 10.3. The molecule has 0 aliphatic carbocycles. The molecule has 7 heteroatoms. The molecule has 1 aromatic rings. The minimum atomic E-state index is -2.87. The van der Waals surface area contributed by atoms with Crippen LogP contribution in [-0.2, 0) is 0 Å². The van der Waals surface area contributed by atoms with Crippen LogP contribution in [0.5, 0.6) is 5.75 Å². The Morgan fingerprint density at radius 2 is 2.11 bits per heavy atom. The van der Waals surface area contributed by atoms with Crippen molar-refractivity contribution >= 4 is 11.5 Å². The monoisotopic (exact) mass is 378 g/mol. The van der Waals surface area contributed by atoms with E-state index >= 15 is 0 Å². The van der Waals surface area contributed by atoms with Gasteiger partial charge in [-0.1, -0.05) is 12.6 Å². The SMILES string of the molecule is C=C(/C=C\N=C(C)Nc1cccc(OCC(F)(F)CN2CCCC2)c1)NC. The van der Waals surface area contributed by atoms with Gasteiger partial charge in [-0.15, -0.1) is 0 Å². The summed E-state index contributed by atoms with van der Waals surface area (Å²) in [6.07, 6.45) is 5.35. The summed E-state index contributed by atoms with van der Waals surface area (Å²) in [4.78, 5) is 6.03. The third-order valence-electron chi connectivity index (χ3n) is 4.13. The fourth-order valence-electron chi connectivity index (χ4n) is 2.73. The Morgan fingerprint density at radius 1 is 1.37 bits per heavy atom. The number of nitrogens with one attached hydrogen (secondary N) is 2. The lowest BCUT2D eigenvalue weighted by molar-refractivity contribution is -0.0615. The van der Waals surface area contributed by atoms with Gasteiger partial charge in [0.25, 0.3) is 5.92 Å².